The van der Waals surface area contributed by atoms with Crippen molar-refractivity contribution < 1.29 is 32.8 Å². The van der Waals surface area contributed by atoms with Gasteiger partial charge in [-0.05, 0) is 56.7 Å². The zero-order valence-electron chi connectivity index (χ0n) is 17.3. The lowest BCUT2D eigenvalue weighted by Crippen LogP contribution is -2.55. The SMILES string of the molecule is CCOC(=O)C(CCc1ccc(F)cc1)N[C@H]1CCC[C@@H]2N(C1=O)[C@H](C(=O)O)CS2=O. The first-order valence-electron chi connectivity index (χ1n) is 10.4. The number of ether oxygens (including phenoxy) is 1. The fourth-order valence-corrected chi connectivity index (χ4v) is 5.87. The Kier molecular flexibility index (Phi) is 7.77. The number of rotatable bonds is 8. The quantitative estimate of drug-likeness (QED) is 0.568. The van der Waals surface area contributed by atoms with Crippen LogP contribution in [0, 0.1) is 5.82 Å². The maximum atomic E-state index is 13.2. The number of halogens is 1. The van der Waals surface area contributed by atoms with Crippen molar-refractivity contribution >= 4 is 28.6 Å². The third kappa shape index (κ3) is 5.48. The molecular weight excluding hydrogens is 427 g/mol. The maximum Gasteiger partial charge on any atom is 0.327 e. The van der Waals surface area contributed by atoms with Gasteiger partial charge in [0.15, 0.2) is 0 Å². The molecule has 2 unspecified atom stereocenters. The summed E-state index contributed by atoms with van der Waals surface area (Å²) in [7, 11) is -1.42. The van der Waals surface area contributed by atoms with Gasteiger partial charge in [-0.1, -0.05) is 12.1 Å². The van der Waals surface area contributed by atoms with Gasteiger partial charge in [0.2, 0.25) is 5.91 Å². The van der Waals surface area contributed by atoms with Gasteiger partial charge in [0, 0.05) is 10.8 Å². The smallest absolute Gasteiger partial charge is 0.327 e. The number of aliphatic carboxylic acids is 1. The number of hydrogen-bond donors (Lipinski definition) is 2. The largest absolute Gasteiger partial charge is 0.480 e. The molecule has 0 aliphatic carbocycles. The number of nitrogens with one attached hydrogen (secondary N) is 1. The number of carboxylic acid groups (broad SMARTS) is 1. The van der Waals surface area contributed by atoms with Crippen LogP contribution in [0.1, 0.15) is 38.2 Å². The summed E-state index contributed by atoms with van der Waals surface area (Å²) in [6, 6.07) is 3.27. The normalized spacial score (nSPS) is 26.8. The number of fused-ring (bicyclic) bond motifs is 1. The van der Waals surface area contributed by atoms with E-state index in [-0.39, 0.29) is 18.2 Å². The summed E-state index contributed by atoms with van der Waals surface area (Å²) in [6.45, 7) is 1.87. The molecule has 8 nitrogen and oxygen atoms in total. The zero-order chi connectivity index (χ0) is 22.5. The van der Waals surface area contributed by atoms with Crippen molar-refractivity contribution in [1.29, 1.82) is 0 Å². The van der Waals surface area contributed by atoms with Gasteiger partial charge in [0.25, 0.3) is 0 Å². The Labute approximate surface area is 182 Å². The van der Waals surface area contributed by atoms with Crippen molar-refractivity contribution in [3.63, 3.8) is 0 Å². The zero-order valence-corrected chi connectivity index (χ0v) is 18.1. The molecule has 0 bridgehead atoms. The summed E-state index contributed by atoms with van der Waals surface area (Å²) in [5, 5.41) is 11.9. The highest BCUT2D eigenvalue weighted by atomic mass is 32.2. The second-order valence-electron chi connectivity index (χ2n) is 7.72. The standard InChI is InChI=1S/C21H27FN2O6S/c1-2-30-21(28)16(11-8-13-6-9-14(22)10-7-13)23-15-4-3-5-18-24(19(15)25)17(20(26)27)12-31(18)29/h6-7,9-10,15-18,23H,2-5,8,11-12H2,1H3,(H,26,27)/t15-,16?,17-,18+,31?/m0/s1. The topological polar surface area (TPSA) is 113 Å². The van der Waals surface area contributed by atoms with Crippen molar-refractivity contribution in [1.82, 2.24) is 10.2 Å². The number of amides is 1. The Bertz CT molecular complexity index is 849. The lowest BCUT2D eigenvalue weighted by Gasteiger charge is -2.29. The molecule has 1 aromatic carbocycles. The number of carbonyl (C=O) groups excluding carboxylic acids is 2. The summed E-state index contributed by atoms with van der Waals surface area (Å²) in [5.41, 5.74) is 0.839. The summed E-state index contributed by atoms with van der Waals surface area (Å²) >= 11 is 0. The van der Waals surface area contributed by atoms with Crippen molar-refractivity contribution in [3.05, 3.63) is 35.6 Å². The van der Waals surface area contributed by atoms with Gasteiger partial charge in [-0.15, -0.1) is 0 Å². The van der Waals surface area contributed by atoms with E-state index < -0.39 is 52.1 Å². The highest BCUT2D eigenvalue weighted by molar-refractivity contribution is 7.86. The first-order valence-corrected chi connectivity index (χ1v) is 11.8. The third-order valence-electron chi connectivity index (χ3n) is 5.66. The minimum absolute atomic E-state index is 0.0790. The number of carboxylic acids is 1. The van der Waals surface area contributed by atoms with Crippen LogP contribution in [0.15, 0.2) is 24.3 Å². The molecule has 10 heteroatoms. The summed E-state index contributed by atoms with van der Waals surface area (Å²) < 4.78 is 30.6. The molecule has 31 heavy (non-hydrogen) atoms. The molecule has 0 aromatic heterocycles. The monoisotopic (exact) mass is 454 g/mol. The second kappa shape index (κ2) is 10.3. The second-order valence-corrected chi connectivity index (χ2v) is 9.36. The van der Waals surface area contributed by atoms with Crippen LogP contribution in [0.25, 0.3) is 0 Å². The molecule has 2 saturated heterocycles. The summed E-state index contributed by atoms with van der Waals surface area (Å²) in [5.74, 6) is -2.55. The Hall–Kier alpha value is -2.33. The molecule has 2 fully saturated rings. The molecular formula is C21H27FN2O6S. The molecule has 1 amide bonds. The molecule has 0 radical (unpaired) electrons. The molecule has 2 aliphatic heterocycles. The van der Waals surface area contributed by atoms with E-state index >= 15 is 0 Å². The van der Waals surface area contributed by atoms with Gasteiger partial charge in [-0.3, -0.25) is 19.1 Å². The van der Waals surface area contributed by atoms with Gasteiger partial charge < -0.3 is 14.7 Å². The Morgan fingerprint density at radius 1 is 1.32 bits per heavy atom. The van der Waals surface area contributed by atoms with Crippen LogP contribution in [0.5, 0.6) is 0 Å². The molecule has 3 rings (SSSR count). The van der Waals surface area contributed by atoms with Crippen LogP contribution in [0.3, 0.4) is 0 Å². The van der Waals surface area contributed by atoms with Crippen molar-refractivity contribution in [2.24, 2.45) is 0 Å². The van der Waals surface area contributed by atoms with Crippen LogP contribution < -0.4 is 5.32 Å². The van der Waals surface area contributed by atoms with Gasteiger partial charge >= 0.3 is 11.9 Å². The first-order chi connectivity index (χ1) is 14.8. The predicted octanol–water partition coefficient (Wildman–Crippen LogP) is 1.20. The first kappa shape index (κ1) is 23.3. The average molecular weight is 455 g/mol. The highest BCUT2D eigenvalue weighted by Gasteiger charge is 2.49. The van der Waals surface area contributed by atoms with E-state index in [1.54, 1.807) is 19.1 Å². The average Bonchev–Trinajstić information content (AvgIpc) is 2.98. The van der Waals surface area contributed by atoms with Crippen LogP contribution in [-0.2, 0) is 36.3 Å². The van der Waals surface area contributed by atoms with E-state index in [9.17, 15) is 28.1 Å². The molecule has 2 aliphatic rings. The minimum Gasteiger partial charge on any atom is -0.480 e. The maximum absolute atomic E-state index is 13.2. The van der Waals surface area contributed by atoms with Crippen LogP contribution in [0.2, 0.25) is 0 Å². The number of aryl methyl sites for hydroxylation is 1. The minimum atomic E-state index is -1.42. The Morgan fingerprint density at radius 2 is 2.03 bits per heavy atom. The van der Waals surface area contributed by atoms with Crippen LogP contribution >= 0.6 is 0 Å². The number of benzene rings is 1. The molecule has 0 spiro atoms. The number of nitrogens with zero attached hydrogens (tertiary/aromatic N) is 1. The summed E-state index contributed by atoms with van der Waals surface area (Å²) in [6.07, 6.45) is 2.23. The van der Waals surface area contributed by atoms with Crippen LogP contribution in [0.4, 0.5) is 4.39 Å². The van der Waals surface area contributed by atoms with E-state index in [1.807, 2.05) is 0 Å². The fourth-order valence-electron chi connectivity index (χ4n) is 4.10. The predicted molar refractivity (Wildman–Crippen MR) is 111 cm³/mol. The van der Waals surface area contributed by atoms with Gasteiger partial charge in [-0.25, -0.2) is 9.18 Å². The molecule has 2 N–H and O–H groups in total. The fraction of sp³-hybridized carbons (Fsp3) is 0.571. The Morgan fingerprint density at radius 3 is 2.68 bits per heavy atom. The van der Waals surface area contributed by atoms with Crippen molar-refractivity contribution in [2.45, 2.75) is 62.5 Å². The van der Waals surface area contributed by atoms with Gasteiger partial charge in [0.05, 0.1) is 18.4 Å². The molecule has 5 atom stereocenters. The van der Waals surface area contributed by atoms with Crippen LogP contribution in [-0.4, -0.2) is 67.9 Å². The molecule has 0 saturated carbocycles. The molecule has 1 aromatic rings. The number of hydrogen-bond acceptors (Lipinski definition) is 6. The van der Waals surface area contributed by atoms with E-state index in [2.05, 4.69) is 5.32 Å². The lowest BCUT2D eigenvalue weighted by atomic mass is 10.0. The van der Waals surface area contributed by atoms with E-state index in [1.165, 1.54) is 17.0 Å². The Balaban J connectivity index is 1.75. The van der Waals surface area contributed by atoms with Crippen molar-refractivity contribution in [2.75, 3.05) is 12.4 Å². The molecule has 2 heterocycles. The van der Waals surface area contributed by atoms with Crippen molar-refractivity contribution in [3.8, 4) is 0 Å². The molecule has 170 valence electrons. The highest BCUT2D eigenvalue weighted by Crippen LogP contribution is 2.29. The lowest BCUT2D eigenvalue weighted by molar-refractivity contribution is -0.151. The number of carbonyl (C=O) groups is 3. The van der Waals surface area contributed by atoms with Gasteiger partial charge in [0.1, 0.15) is 23.3 Å². The van der Waals surface area contributed by atoms with E-state index in [0.29, 0.717) is 32.1 Å². The third-order valence-corrected chi connectivity index (χ3v) is 7.38. The van der Waals surface area contributed by atoms with Gasteiger partial charge in [-0.2, -0.15) is 0 Å². The number of esters is 1. The van der Waals surface area contributed by atoms with E-state index in [4.69, 9.17) is 4.74 Å². The van der Waals surface area contributed by atoms with E-state index in [0.717, 1.165) is 5.56 Å². The summed E-state index contributed by atoms with van der Waals surface area (Å²) in [4.78, 5) is 38.6.